The molecular weight excluding hydrogens is 483 g/mol. The van der Waals surface area contributed by atoms with Gasteiger partial charge in [-0.15, -0.1) is 0 Å². The molecule has 4 rings (SSSR count). The molecule has 11 heteroatoms. The predicted octanol–water partition coefficient (Wildman–Crippen LogP) is 4.92. The third-order valence-corrected chi connectivity index (χ3v) is 6.19. The highest BCUT2D eigenvalue weighted by Gasteiger charge is 2.35. The fourth-order valence-electron chi connectivity index (χ4n) is 3.19. The summed E-state index contributed by atoms with van der Waals surface area (Å²) in [6, 6.07) is 20.5. The van der Waals surface area contributed by atoms with Crippen molar-refractivity contribution in [2.45, 2.75) is 18.0 Å². The average molecular weight is 501 g/mol. The minimum Gasteiger partial charge on any atom is -0.351 e. The van der Waals surface area contributed by atoms with Gasteiger partial charge in [-0.3, -0.25) is 0 Å². The predicted molar refractivity (Wildman–Crippen MR) is 121 cm³/mol. The number of nitrogens with one attached hydrogen (secondary N) is 1. The number of hydrogen-bond donors (Lipinski definition) is 1. The Morgan fingerprint density at radius 1 is 0.943 bits per heavy atom. The third kappa shape index (κ3) is 5.42. The smallest absolute Gasteiger partial charge is 0.351 e. The highest BCUT2D eigenvalue weighted by Crippen LogP contribution is 2.33. The second kappa shape index (κ2) is 9.35. The van der Waals surface area contributed by atoms with Crippen LogP contribution in [0.15, 0.2) is 89.8 Å². The van der Waals surface area contributed by atoms with Crippen LogP contribution in [0.5, 0.6) is 0 Å². The number of benzene rings is 3. The fourth-order valence-corrected chi connectivity index (χ4v) is 3.96. The molecule has 0 unspecified atom stereocenters. The molecule has 7 nitrogen and oxygen atoms in total. The second-order valence-electron chi connectivity index (χ2n) is 7.53. The summed E-state index contributed by atoms with van der Waals surface area (Å²) in [6.45, 7) is 1.85. The van der Waals surface area contributed by atoms with Crippen LogP contribution in [0.4, 0.5) is 13.2 Å². The molecule has 0 spiro atoms. The molecule has 0 radical (unpaired) electrons. The van der Waals surface area contributed by atoms with Gasteiger partial charge >= 0.3 is 12.1 Å². The zero-order valence-electron chi connectivity index (χ0n) is 18.2. The molecule has 0 aliphatic heterocycles. The zero-order valence-corrected chi connectivity index (χ0v) is 19.0. The number of rotatable bonds is 6. The molecule has 1 heterocycles. The van der Waals surface area contributed by atoms with Crippen LogP contribution in [0.3, 0.4) is 0 Å². The Kier molecular flexibility index (Phi) is 6.46. The van der Waals surface area contributed by atoms with Crippen LogP contribution in [0.25, 0.3) is 16.9 Å². The Labute approximate surface area is 198 Å². The van der Waals surface area contributed by atoms with Gasteiger partial charge in [-0.2, -0.15) is 18.3 Å². The van der Waals surface area contributed by atoms with Crippen LogP contribution in [-0.2, 0) is 21.0 Å². The van der Waals surface area contributed by atoms with Gasteiger partial charge in [0.1, 0.15) is 0 Å². The van der Waals surface area contributed by atoms with Crippen molar-refractivity contribution < 1.29 is 31.2 Å². The standard InChI is InChI=1S/C24H18F3N3O4S/c1-16-7-9-17(10-8-16)21-15-22(24(25,26)27)28-30(21)19-11-13-20(14-12-19)35(32,33)29-34-23(31)18-5-3-2-4-6-18/h2-15,29H,1H3. The van der Waals surface area contributed by atoms with Gasteiger partial charge < -0.3 is 4.84 Å². The van der Waals surface area contributed by atoms with E-state index in [-0.39, 0.29) is 21.8 Å². The first-order valence-electron chi connectivity index (χ1n) is 10.2. The normalized spacial score (nSPS) is 11.9. The molecule has 0 aliphatic carbocycles. The molecular formula is C24H18F3N3O4S. The molecule has 3 aromatic carbocycles. The van der Waals surface area contributed by atoms with Gasteiger partial charge in [0, 0.05) is 5.56 Å². The molecule has 0 fully saturated rings. The molecule has 0 atom stereocenters. The fraction of sp³-hybridized carbons (Fsp3) is 0.0833. The van der Waals surface area contributed by atoms with E-state index in [0.29, 0.717) is 5.56 Å². The molecule has 1 N–H and O–H groups in total. The Morgan fingerprint density at radius 3 is 2.17 bits per heavy atom. The molecule has 180 valence electrons. The van der Waals surface area contributed by atoms with Crippen molar-refractivity contribution in [2.24, 2.45) is 0 Å². The van der Waals surface area contributed by atoms with Crippen LogP contribution in [0.2, 0.25) is 0 Å². The Hall–Kier alpha value is -3.96. The lowest BCUT2D eigenvalue weighted by molar-refractivity contribution is -0.141. The van der Waals surface area contributed by atoms with E-state index in [4.69, 9.17) is 0 Å². The lowest BCUT2D eigenvalue weighted by Gasteiger charge is -2.10. The van der Waals surface area contributed by atoms with Crippen LogP contribution >= 0.6 is 0 Å². The van der Waals surface area contributed by atoms with Crippen molar-refractivity contribution in [1.29, 1.82) is 0 Å². The van der Waals surface area contributed by atoms with Gasteiger partial charge in [-0.1, -0.05) is 48.0 Å². The maximum absolute atomic E-state index is 13.4. The molecule has 0 saturated carbocycles. The van der Waals surface area contributed by atoms with Gasteiger partial charge in [0.15, 0.2) is 5.69 Å². The van der Waals surface area contributed by atoms with Gasteiger partial charge in [0.2, 0.25) is 0 Å². The van der Waals surface area contributed by atoms with Crippen molar-refractivity contribution in [3.05, 3.63) is 102 Å². The van der Waals surface area contributed by atoms with E-state index in [2.05, 4.69) is 9.94 Å². The molecule has 1 aromatic heterocycles. The lowest BCUT2D eigenvalue weighted by Crippen LogP contribution is -2.27. The van der Waals surface area contributed by atoms with E-state index in [1.54, 1.807) is 47.3 Å². The summed E-state index contributed by atoms with van der Waals surface area (Å²) in [4.78, 5) is 18.1. The molecule has 4 aromatic rings. The number of sulfonamides is 1. The van der Waals surface area contributed by atoms with Gasteiger partial charge in [0.25, 0.3) is 10.0 Å². The van der Waals surface area contributed by atoms with Crippen LogP contribution in [-0.4, -0.2) is 24.2 Å². The largest absolute Gasteiger partial charge is 0.435 e. The van der Waals surface area contributed by atoms with Crippen molar-refractivity contribution >= 4 is 16.0 Å². The lowest BCUT2D eigenvalue weighted by atomic mass is 10.1. The number of halogens is 3. The van der Waals surface area contributed by atoms with E-state index < -0.39 is 27.9 Å². The number of carbonyl (C=O) groups is 1. The third-order valence-electron chi connectivity index (χ3n) is 4.99. The monoisotopic (exact) mass is 501 g/mol. The van der Waals surface area contributed by atoms with E-state index in [0.717, 1.165) is 16.3 Å². The number of carbonyl (C=O) groups excluding carboxylic acids is 1. The summed E-state index contributed by atoms with van der Waals surface area (Å²) in [6.07, 6.45) is -4.67. The van der Waals surface area contributed by atoms with Crippen molar-refractivity contribution in [2.75, 3.05) is 0 Å². The maximum Gasteiger partial charge on any atom is 0.435 e. The molecule has 0 amide bonds. The number of aromatic nitrogens is 2. The number of aryl methyl sites for hydroxylation is 1. The van der Waals surface area contributed by atoms with Crippen molar-refractivity contribution in [3.63, 3.8) is 0 Å². The second-order valence-corrected chi connectivity index (χ2v) is 9.17. The number of alkyl halides is 3. The summed E-state index contributed by atoms with van der Waals surface area (Å²) >= 11 is 0. The molecule has 35 heavy (non-hydrogen) atoms. The average Bonchev–Trinajstić information content (AvgIpc) is 3.30. The summed E-state index contributed by atoms with van der Waals surface area (Å²) in [5, 5.41) is 3.69. The Morgan fingerprint density at radius 2 is 1.57 bits per heavy atom. The van der Waals surface area contributed by atoms with Gasteiger partial charge in [0.05, 0.1) is 21.8 Å². The van der Waals surface area contributed by atoms with Gasteiger partial charge in [-0.25, -0.2) is 17.9 Å². The number of nitrogens with zero attached hydrogens (tertiary/aromatic N) is 2. The first kappa shape index (κ1) is 24.2. The first-order valence-corrected chi connectivity index (χ1v) is 11.7. The highest BCUT2D eigenvalue weighted by molar-refractivity contribution is 7.89. The van der Waals surface area contributed by atoms with E-state index in [1.165, 1.54) is 36.4 Å². The first-order chi connectivity index (χ1) is 16.5. The minimum atomic E-state index is -4.67. The SMILES string of the molecule is Cc1ccc(-c2cc(C(F)(F)F)nn2-c2ccc(S(=O)(=O)NOC(=O)c3ccccc3)cc2)cc1. The van der Waals surface area contributed by atoms with Crippen LogP contribution in [0, 0.1) is 6.92 Å². The highest BCUT2D eigenvalue weighted by atomic mass is 32.2. The van der Waals surface area contributed by atoms with Crippen molar-refractivity contribution in [1.82, 2.24) is 14.7 Å². The summed E-state index contributed by atoms with van der Waals surface area (Å²) < 4.78 is 66.2. The van der Waals surface area contributed by atoms with E-state index in [9.17, 15) is 26.4 Å². The zero-order chi connectivity index (χ0) is 25.2. The quantitative estimate of drug-likeness (QED) is 0.379. The summed E-state index contributed by atoms with van der Waals surface area (Å²) in [7, 11) is -4.25. The maximum atomic E-state index is 13.4. The van der Waals surface area contributed by atoms with Crippen LogP contribution < -0.4 is 4.89 Å². The van der Waals surface area contributed by atoms with Crippen LogP contribution in [0.1, 0.15) is 21.6 Å². The molecule has 0 bridgehead atoms. The molecule has 0 aliphatic rings. The van der Waals surface area contributed by atoms with Crippen molar-refractivity contribution in [3.8, 4) is 16.9 Å². The Balaban J connectivity index is 1.61. The minimum absolute atomic E-state index is 0.147. The Bertz CT molecular complexity index is 1450. The number of hydrogen-bond acceptors (Lipinski definition) is 5. The molecule has 0 saturated heterocycles. The summed E-state index contributed by atoms with van der Waals surface area (Å²) in [5.41, 5.74) is 0.891. The van der Waals surface area contributed by atoms with E-state index >= 15 is 0 Å². The summed E-state index contributed by atoms with van der Waals surface area (Å²) in [5.74, 6) is -0.898. The van der Waals surface area contributed by atoms with Gasteiger partial charge in [-0.05, 0) is 54.3 Å². The topological polar surface area (TPSA) is 90.3 Å². The van der Waals surface area contributed by atoms with E-state index in [1.807, 2.05) is 6.92 Å².